The maximum absolute atomic E-state index is 12.2. The van der Waals surface area contributed by atoms with Gasteiger partial charge in [0.15, 0.2) is 0 Å². The Morgan fingerprint density at radius 3 is 2.53 bits per heavy atom. The molecule has 0 aromatic carbocycles. The van der Waals surface area contributed by atoms with Gasteiger partial charge in [0.2, 0.25) is 5.82 Å². The summed E-state index contributed by atoms with van der Waals surface area (Å²) in [5.74, 6) is -1.39. The fraction of sp³-hybridized carbons (Fsp3) is 0.286. The number of rotatable bonds is 1. The zero-order chi connectivity index (χ0) is 11.6. The summed E-state index contributed by atoms with van der Waals surface area (Å²) in [6.07, 6.45) is -3.29. The number of nitriles is 1. The number of nitrogens with one attached hydrogen (secondary N) is 1. The highest BCUT2D eigenvalue weighted by Crippen LogP contribution is 2.26. The van der Waals surface area contributed by atoms with Crippen molar-refractivity contribution in [1.29, 1.82) is 5.26 Å². The van der Waals surface area contributed by atoms with Crippen LogP contribution in [0.3, 0.4) is 0 Å². The fourth-order valence-electron chi connectivity index (χ4n) is 0.833. The van der Waals surface area contributed by atoms with Crippen molar-refractivity contribution in [2.24, 2.45) is 0 Å². The number of aromatic nitrogens is 2. The molecule has 0 aliphatic rings. The first-order valence-electron chi connectivity index (χ1n) is 3.55. The Kier molecular flexibility index (Phi) is 3.04. The summed E-state index contributed by atoms with van der Waals surface area (Å²) in [4.78, 5) is 15.7. The molecule has 1 N–H and O–H groups in total. The summed E-state index contributed by atoms with van der Waals surface area (Å²) >= 11 is 0.811. The van der Waals surface area contributed by atoms with Crippen molar-refractivity contribution < 1.29 is 13.2 Å². The Labute approximate surface area is 86.1 Å². The normalized spacial score (nSPS) is 11.1. The molecule has 0 aliphatic heterocycles. The van der Waals surface area contributed by atoms with E-state index in [1.807, 2.05) is 0 Å². The SMILES string of the molecule is CSc1nc(C(F)(F)F)[nH]c(=O)c1C#N. The molecule has 80 valence electrons. The standard InChI is InChI=1S/C7H4F3N3OS/c1-15-5-3(2-11)4(14)12-6(13-5)7(8,9)10/h1H3,(H,12,13,14). The summed E-state index contributed by atoms with van der Waals surface area (Å²) in [6, 6.07) is 1.50. The molecule has 15 heavy (non-hydrogen) atoms. The van der Waals surface area contributed by atoms with E-state index in [4.69, 9.17) is 5.26 Å². The molecule has 0 bridgehead atoms. The Balaban J connectivity index is 3.48. The molecule has 4 nitrogen and oxygen atoms in total. The third-order valence-electron chi connectivity index (χ3n) is 1.46. The quantitative estimate of drug-likeness (QED) is 0.589. The molecule has 0 saturated carbocycles. The van der Waals surface area contributed by atoms with Crippen molar-refractivity contribution in [1.82, 2.24) is 9.97 Å². The van der Waals surface area contributed by atoms with Crippen LogP contribution in [0.25, 0.3) is 0 Å². The van der Waals surface area contributed by atoms with E-state index in [0.717, 1.165) is 11.8 Å². The van der Waals surface area contributed by atoms with Crippen molar-refractivity contribution in [3.8, 4) is 6.07 Å². The van der Waals surface area contributed by atoms with Gasteiger partial charge in [0, 0.05) is 0 Å². The zero-order valence-electron chi connectivity index (χ0n) is 7.34. The van der Waals surface area contributed by atoms with E-state index in [9.17, 15) is 18.0 Å². The molecule has 0 spiro atoms. The Bertz CT molecular complexity index is 474. The lowest BCUT2D eigenvalue weighted by Crippen LogP contribution is -2.22. The predicted molar refractivity (Wildman–Crippen MR) is 46.4 cm³/mol. The number of hydrogen-bond donors (Lipinski definition) is 1. The highest BCUT2D eigenvalue weighted by atomic mass is 32.2. The van der Waals surface area contributed by atoms with Gasteiger partial charge in [-0.3, -0.25) is 4.79 Å². The number of aromatic amines is 1. The maximum Gasteiger partial charge on any atom is 0.449 e. The van der Waals surface area contributed by atoms with Crippen LogP contribution in [0.4, 0.5) is 13.2 Å². The molecular weight excluding hydrogens is 231 g/mol. The van der Waals surface area contributed by atoms with Crippen LogP contribution in [-0.4, -0.2) is 16.2 Å². The van der Waals surface area contributed by atoms with Gasteiger partial charge in [-0.15, -0.1) is 11.8 Å². The minimum atomic E-state index is -4.72. The minimum Gasteiger partial charge on any atom is -0.302 e. The van der Waals surface area contributed by atoms with Gasteiger partial charge in [-0.05, 0) is 6.26 Å². The first-order chi connectivity index (χ1) is 6.90. The summed E-state index contributed by atoms with van der Waals surface area (Å²) in [5.41, 5.74) is -1.49. The zero-order valence-corrected chi connectivity index (χ0v) is 8.16. The molecule has 0 saturated heterocycles. The van der Waals surface area contributed by atoms with Crippen molar-refractivity contribution in [2.75, 3.05) is 6.26 Å². The molecule has 0 unspecified atom stereocenters. The lowest BCUT2D eigenvalue weighted by atomic mass is 10.3. The molecule has 8 heteroatoms. The van der Waals surface area contributed by atoms with Crippen LogP contribution < -0.4 is 5.56 Å². The fourth-order valence-corrected chi connectivity index (χ4v) is 1.36. The number of halogens is 3. The van der Waals surface area contributed by atoms with E-state index >= 15 is 0 Å². The average molecular weight is 235 g/mol. The van der Waals surface area contributed by atoms with Gasteiger partial charge >= 0.3 is 6.18 Å². The maximum atomic E-state index is 12.2. The number of thioether (sulfide) groups is 1. The van der Waals surface area contributed by atoms with Crippen molar-refractivity contribution >= 4 is 11.8 Å². The summed E-state index contributed by atoms with van der Waals surface area (Å²) < 4.78 is 36.6. The van der Waals surface area contributed by atoms with Crippen LogP contribution in [0.15, 0.2) is 9.82 Å². The lowest BCUT2D eigenvalue weighted by molar-refractivity contribution is -0.145. The van der Waals surface area contributed by atoms with Crippen LogP contribution in [0.5, 0.6) is 0 Å². The highest BCUT2D eigenvalue weighted by molar-refractivity contribution is 7.98. The smallest absolute Gasteiger partial charge is 0.302 e. The van der Waals surface area contributed by atoms with Gasteiger partial charge in [-0.25, -0.2) is 4.98 Å². The molecule has 1 aromatic heterocycles. The second-order valence-electron chi connectivity index (χ2n) is 2.41. The lowest BCUT2D eigenvalue weighted by Gasteiger charge is -2.06. The number of alkyl halides is 3. The number of hydrogen-bond acceptors (Lipinski definition) is 4. The van der Waals surface area contributed by atoms with Gasteiger partial charge < -0.3 is 4.98 Å². The molecule has 0 atom stereocenters. The van der Waals surface area contributed by atoms with E-state index in [1.54, 1.807) is 0 Å². The molecular formula is C7H4F3N3OS. The third kappa shape index (κ3) is 2.30. The summed E-state index contributed by atoms with van der Waals surface area (Å²) in [7, 11) is 0. The monoisotopic (exact) mass is 235 g/mol. The number of H-pyrrole nitrogens is 1. The Morgan fingerprint density at radius 2 is 2.13 bits per heavy atom. The van der Waals surface area contributed by atoms with Gasteiger partial charge in [0.1, 0.15) is 16.7 Å². The first kappa shape index (κ1) is 11.6. The second-order valence-corrected chi connectivity index (χ2v) is 3.20. The second kappa shape index (κ2) is 3.94. The van der Waals surface area contributed by atoms with Crippen molar-refractivity contribution in [3.05, 3.63) is 21.7 Å². The third-order valence-corrected chi connectivity index (χ3v) is 2.14. The van der Waals surface area contributed by atoms with Crippen LogP contribution in [0, 0.1) is 11.3 Å². The Hall–Kier alpha value is -1.49. The largest absolute Gasteiger partial charge is 0.449 e. The molecule has 0 radical (unpaired) electrons. The van der Waals surface area contributed by atoms with E-state index in [0.29, 0.717) is 0 Å². The Morgan fingerprint density at radius 1 is 1.53 bits per heavy atom. The first-order valence-corrected chi connectivity index (χ1v) is 4.78. The molecule has 1 rings (SSSR count). The summed E-state index contributed by atoms with van der Waals surface area (Å²) in [5, 5.41) is 8.29. The molecule has 0 aliphatic carbocycles. The van der Waals surface area contributed by atoms with Gasteiger partial charge in [0.25, 0.3) is 5.56 Å². The minimum absolute atomic E-state index is 0.228. The molecule has 0 amide bonds. The van der Waals surface area contributed by atoms with E-state index in [2.05, 4.69) is 4.98 Å². The van der Waals surface area contributed by atoms with Crippen LogP contribution >= 0.6 is 11.8 Å². The predicted octanol–water partition coefficient (Wildman–Crippen LogP) is 1.38. The molecule has 1 heterocycles. The topological polar surface area (TPSA) is 69.5 Å². The molecule has 1 aromatic rings. The number of nitrogens with zero attached hydrogens (tertiary/aromatic N) is 2. The van der Waals surface area contributed by atoms with Gasteiger partial charge in [0.05, 0.1) is 0 Å². The van der Waals surface area contributed by atoms with Crippen LogP contribution in [-0.2, 0) is 6.18 Å². The summed E-state index contributed by atoms with van der Waals surface area (Å²) in [6.45, 7) is 0. The van der Waals surface area contributed by atoms with Crippen LogP contribution in [0.2, 0.25) is 0 Å². The highest BCUT2D eigenvalue weighted by Gasteiger charge is 2.35. The van der Waals surface area contributed by atoms with Gasteiger partial charge in [-0.2, -0.15) is 18.4 Å². The van der Waals surface area contributed by atoms with Crippen molar-refractivity contribution in [3.63, 3.8) is 0 Å². The van der Waals surface area contributed by atoms with Gasteiger partial charge in [-0.1, -0.05) is 0 Å². The van der Waals surface area contributed by atoms with E-state index in [1.165, 1.54) is 17.3 Å². The van der Waals surface area contributed by atoms with E-state index < -0.39 is 23.1 Å². The van der Waals surface area contributed by atoms with Crippen molar-refractivity contribution in [2.45, 2.75) is 11.2 Å². The van der Waals surface area contributed by atoms with E-state index in [-0.39, 0.29) is 5.03 Å². The van der Waals surface area contributed by atoms with Crippen LogP contribution in [0.1, 0.15) is 11.4 Å². The molecule has 0 fully saturated rings. The average Bonchev–Trinajstić information content (AvgIpc) is 2.15.